The highest BCUT2D eigenvalue weighted by molar-refractivity contribution is 5.96. The Bertz CT molecular complexity index is 753. The number of halogens is 1. The molecule has 7 nitrogen and oxygen atoms in total. The van der Waals surface area contributed by atoms with Crippen molar-refractivity contribution in [2.75, 3.05) is 17.7 Å². The van der Waals surface area contributed by atoms with E-state index in [-0.39, 0.29) is 17.9 Å². The molecule has 2 aromatic carbocycles. The lowest BCUT2D eigenvalue weighted by molar-refractivity contribution is -0.118. The van der Waals surface area contributed by atoms with Crippen LogP contribution in [0.1, 0.15) is 5.56 Å². The van der Waals surface area contributed by atoms with E-state index in [2.05, 4.69) is 27.0 Å². The Hall–Kier alpha value is -2.68. The highest BCUT2D eigenvalue weighted by atomic mass is 19.1. The first-order valence-corrected chi connectivity index (χ1v) is 7.80. The summed E-state index contributed by atoms with van der Waals surface area (Å²) in [6.07, 6.45) is -0.380. The van der Waals surface area contributed by atoms with Crippen LogP contribution >= 0.6 is 0 Å². The number of anilines is 2. The van der Waals surface area contributed by atoms with E-state index >= 15 is 0 Å². The largest absolute Gasteiger partial charge is 0.497 e. The summed E-state index contributed by atoms with van der Waals surface area (Å²) in [5, 5.41) is 6.03. The third kappa shape index (κ3) is 4.05. The standard InChI is InChI=1S/C17H20FN5O2/c1-10-9-11(18)3-8-14(10)20-17(24)15-16(22-23-21-15)19-12-4-6-13(25-2)7-5-12/h3-9,15-16,19,21-23H,1-2H3,(H,20,24). The van der Waals surface area contributed by atoms with Gasteiger partial charge in [0.2, 0.25) is 5.91 Å². The Morgan fingerprint density at radius 2 is 1.92 bits per heavy atom. The van der Waals surface area contributed by atoms with Gasteiger partial charge in [0.1, 0.15) is 23.8 Å². The highest BCUT2D eigenvalue weighted by Crippen LogP contribution is 2.18. The molecule has 2 atom stereocenters. The van der Waals surface area contributed by atoms with Crippen molar-refractivity contribution in [2.45, 2.75) is 19.1 Å². The molecule has 1 aliphatic heterocycles. The van der Waals surface area contributed by atoms with Gasteiger partial charge in [0.05, 0.1) is 7.11 Å². The van der Waals surface area contributed by atoms with Crippen LogP contribution in [0.15, 0.2) is 42.5 Å². The van der Waals surface area contributed by atoms with Gasteiger partial charge in [-0.25, -0.2) is 15.2 Å². The first kappa shape index (κ1) is 17.2. The molecule has 2 unspecified atom stereocenters. The van der Waals surface area contributed by atoms with E-state index in [1.165, 1.54) is 12.1 Å². The summed E-state index contributed by atoms with van der Waals surface area (Å²) >= 11 is 0. The number of benzene rings is 2. The average Bonchev–Trinajstić information content (AvgIpc) is 3.06. The van der Waals surface area contributed by atoms with Gasteiger partial charge >= 0.3 is 0 Å². The van der Waals surface area contributed by atoms with E-state index in [1.807, 2.05) is 24.3 Å². The van der Waals surface area contributed by atoms with E-state index in [0.717, 1.165) is 11.4 Å². The Balaban J connectivity index is 1.66. The second kappa shape index (κ2) is 7.47. The zero-order valence-electron chi connectivity index (χ0n) is 13.9. The SMILES string of the molecule is COc1ccc(NC2NNNC2C(=O)Nc2ccc(F)cc2C)cc1. The van der Waals surface area contributed by atoms with Crippen molar-refractivity contribution < 1.29 is 13.9 Å². The molecule has 1 fully saturated rings. The number of carbonyl (C=O) groups excluding carboxylic acids is 1. The predicted molar refractivity (Wildman–Crippen MR) is 93.4 cm³/mol. The van der Waals surface area contributed by atoms with Gasteiger partial charge in [-0.15, -0.1) is 0 Å². The number of hydrazine groups is 2. The van der Waals surface area contributed by atoms with E-state index in [9.17, 15) is 9.18 Å². The Morgan fingerprint density at radius 3 is 2.60 bits per heavy atom. The molecular formula is C17H20FN5O2. The van der Waals surface area contributed by atoms with Crippen LogP contribution in [0.2, 0.25) is 0 Å². The fourth-order valence-electron chi connectivity index (χ4n) is 2.54. The van der Waals surface area contributed by atoms with Gasteiger partial charge in [-0.1, -0.05) is 0 Å². The highest BCUT2D eigenvalue weighted by Gasteiger charge is 2.33. The summed E-state index contributed by atoms with van der Waals surface area (Å²) in [6.45, 7) is 1.74. The summed E-state index contributed by atoms with van der Waals surface area (Å²) < 4.78 is 18.3. The number of hydrogen-bond acceptors (Lipinski definition) is 6. The number of hydrogen-bond donors (Lipinski definition) is 5. The molecule has 25 heavy (non-hydrogen) atoms. The molecule has 3 rings (SSSR count). The molecule has 132 valence electrons. The van der Waals surface area contributed by atoms with Crippen LogP contribution < -0.4 is 31.8 Å². The van der Waals surface area contributed by atoms with Gasteiger partial charge < -0.3 is 15.4 Å². The molecule has 0 aliphatic carbocycles. The quantitative estimate of drug-likeness (QED) is 0.565. The third-order valence-electron chi connectivity index (χ3n) is 3.93. The first-order valence-electron chi connectivity index (χ1n) is 7.80. The Kier molecular flexibility index (Phi) is 5.13. The summed E-state index contributed by atoms with van der Waals surface area (Å²) in [5.41, 5.74) is 10.6. The van der Waals surface area contributed by atoms with Crippen LogP contribution in [-0.4, -0.2) is 25.2 Å². The van der Waals surface area contributed by atoms with Gasteiger partial charge in [-0.3, -0.25) is 4.79 Å². The van der Waals surface area contributed by atoms with Gasteiger partial charge in [-0.2, -0.15) is 5.53 Å². The van der Waals surface area contributed by atoms with Crippen LogP contribution in [-0.2, 0) is 4.79 Å². The van der Waals surface area contributed by atoms with Crippen LogP contribution in [0.25, 0.3) is 0 Å². The summed E-state index contributed by atoms with van der Waals surface area (Å²) in [4.78, 5) is 12.5. The summed E-state index contributed by atoms with van der Waals surface area (Å²) in [5.74, 6) is 0.164. The van der Waals surface area contributed by atoms with Crippen LogP contribution in [0.4, 0.5) is 15.8 Å². The second-order valence-corrected chi connectivity index (χ2v) is 5.69. The number of rotatable bonds is 5. The Labute approximate surface area is 144 Å². The number of ether oxygens (including phenoxy) is 1. The molecule has 5 N–H and O–H groups in total. The molecule has 1 aliphatic rings. The maximum Gasteiger partial charge on any atom is 0.246 e. The van der Waals surface area contributed by atoms with Crippen LogP contribution in [0, 0.1) is 12.7 Å². The Morgan fingerprint density at radius 1 is 1.16 bits per heavy atom. The third-order valence-corrected chi connectivity index (χ3v) is 3.93. The van der Waals surface area contributed by atoms with Crippen molar-refractivity contribution in [3.8, 4) is 5.75 Å². The molecule has 0 bridgehead atoms. The lowest BCUT2D eigenvalue weighted by atomic mass is 10.1. The number of methoxy groups -OCH3 is 1. The maximum absolute atomic E-state index is 13.2. The first-order chi connectivity index (χ1) is 12.1. The number of nitrogens with one attached hydrogen (secondary N) is 5. The van der Waals surface area contributed by atoms with Crippen molar-refractivity contribution >= 4 is 17.3 Å². The van der Waals surface area contributed by atoms with Gasteiger partial charge in [0.15, 0.2) is 0 Å². The van der Waals surface area contributed by atoms with Crippen LogP contribution in [0.5, 0.6) is 5.75 Å². The topological polar surface area (TPSA) is 86.5 Å². The average molecular weight is 345 g/mol. The van der Waals surface area contributed by atoms with E-state index in [0.29, 0.717) is 11.3 Å². The van der Waals surface area contributed by atoms with Crippen LogP contribution in [0.3, 0.4) is 0 Å². The minimum absolute atomic E-state index is 0.252. The minimum Gasteiger partial charge on any atom is -0.497 e. The molecule has 0 radical (unpaired) electrons. The maximum atomic E-state index is 13.2. The summed E-state index contributed by atoms with van der Waals surface area (Å²) in [6, 6.07) is 11.0. The van der Waals surface area contributed by atoms with Gasteiger partial charge in [0.25, 0.3) is 0 Å². The molecule has 0 saturated carbocycles. The molecule has 1 saturated heterocycles. The van der Waals surface area contributed by atoms with Gasteiger partial charge in [0, 0.05) is 11.4 Å². The van der Waals surface area contributed by atoms with Crippen molar-refractivity contribution in [1.82, 2.24) is 16.4 Å². The van der Waals surface area contributed by atoms with Crippen molar-refractivity contribution in [3.63, 3.8) is 0 Å². The molecule has 0 aromatic heterocycles. The molecule has 1 amide bonds. The van der Waals surface area contributed by atoms with Crippen molar-refractivity contribution in [2.24, 2.45) is 0 Å². The lowest BCUT2D eigenvalue weighted by Crippen LogP contribution is -2.48. The normalized spacial score (nSPS) is 19.5. The van der Waals surface area contributed by atoms with Crippen molar-refractivity contribution in [3.05, 3.63) is 53.8 Å². The van der Waals surface area contributed by atoms with E-state index in [1.54, 1.807) is 20.1 Å². The second-order valence-electron chi connectivity index (χ2n) is 5.69. The molecule has 1 heterocycles. The molecule has 2 aromatic rings. The van der Waals surface area contributed by atoms with Gasteiger partial charge in [-0.05, 0) is 55.0 Å². The predicted octanol–water partition coefficient (Wildman–Crippen LogP) is 1.50. The number of amides is 1. The molecule has 8 heteroatoms. The smallest absolute Gasteiger partial charge is 0.246 e. The van der Waals surface area contributed by atoms with Crippen molar-refractivity contribution in [1.29, 1.82) is 0 Å². The number of aryl methyl sites for hydroxylation is 1. The fraction of sp³-hybridized carbons (Fsp3) is 0.235. The zero-order chi connectivity index (χ0) is 17.8. The lowest BCUT2D eigenvalue weighted by Gasteiger charge is -2.20. The minimum atomic E-state index is -0.577. The molecule has 0 spiro atoms. The monoisotopic (exact) mass is 345 g/mol. The number of carbonyl (C=O) groups is 1. The fourth-order valence-corrected chi connectivity index (χ4v) is 2.54. The summed E-state index contributed by atoms with van der Waals surface area (Å²) in [7, 11) is 1.60. The molecular weight excluding hydrogens is 325 g/mol. The van der Waals surface area contributed by atoms with E-state index < -0.39 is 6.04 Å². The zero-order valence-corrected chi connectivity index (χ0v) is 13.9. The van der Waals surface area contributed by atoms with E-state index in [4.69, 9.17) is 4.74 Å².